The maximum Gasteiger partial charge on any atom is 0.460 e. The zero-order valence-electron chi connectivity index (χ0n) is 18.0. The second-order valence-electron chi connectivity index (χ2n) is 7.31. The maximum absolute atomic E-state index is 13.8. The van der Waals surface area contributed by atoms with Crippen molar-refractivity contribution in [3.8, 4) is 0 Å². The molecular weight excluding hydrogens is 661 g/mol. The Morgan fingerprint density at radius 1 is 0.703 bits per heavy atom. The Labute approximate surface area is 226 Å². The first-order valence-electron chi connectivity index (χ1n) is 9.90. The minimum atomic E-state index is -6.46. The van der Waals surface area contributed by atoms with Gasteiger partial charge in [-0.05, 0) is 86.1 Å². The summed E-state index contributed by atoms with van der Waals surface area (Å²) < 4.78 is 91.1. The smallest absolute Gasteiger partial charge is 0.322 e. The molecule has 3 aromatic rings. The van der Waals surface area contributed by atoms with Crippen LogP contribution in [0.5, 0.6) is 0 Å². The molecule has 14 heteroatoms. The number of hydrogen-bond donors (Lipinski definition) is 2. The van der Waals surface area contributed by atoms with E-state index in [-0.39, 0.29) is 20.2 Å². The monoisotopic (exact) mass is 672 g/mol. The lowest BCUT2D eigenvalue weighted by Crippen LogP contribution is -2.49. The van der Waals surface area contributed by atoms with Gasteiger partial charge in [0, 0.05) is 30.7 Å². The summed E-state index contributed by atoms with van der Waals surface area (Å²) >= 11 is 5.02. The lowest BCUT2D eigenvalue weighted by molar-refractivity contribution is -0.330. The average molecular weight is 674 g/mol. The van der Waals surface area contributed by atoms with Gasteiger partial charge in [0.15, 0.2) is 0 Å². The van der Waals surface area contributed by atoms with Crippen LogP contribution in [0.1, 0.15) is 20.7 Å². The predicted octanol–water partition coefficient (Wildman–Crippen LogP) is 8.60. The molecule has 0 aliphatic rings. The molecule has 0 spiro atoms. The van der Waals surface area contributed by atoms with Gasteiger partial charge in [-0.2, -0.15) is 30.7 Å². The molecule has 0 saturated heterocycles. The zero-order chi connectivity index (χ0) is 27.6. The lowest BCUT2D eigenvalue weighted by Gasteiger charge is -2.27. The van der Waals surface area contributed by atoms with Crippen LogP contribution in [0, 0.1) is 0 Å². The fourth-order valence-electron chi connectivity index (χ4n) is 2.82. The number of benzene rings is 3. The Hall–Kier alpha value is -2.58. The first kappa shape index (κ1) is 29.0. The number of hydrogen-bond acceptors (Lipinski definition) is 3. The first-order chi connectivity index (χ1) is 17.1. The summed E-state index contributed by atoms with van der Waals surface area (Å²) in [4.78, 5) is 24.5. The van der Waals surface area contributed by atoms with Crippen LogP contribution in [-0.4, -0.2) is 29.2 Å². The molecule has 4 nitrogen and oxygen atoms in total. The van der Waals surface area contributed by atoms with Crippen LogP contribution in [0.2, 0.25) is 0 Å². The van der Waals surface area contributed by atoms with E-state index in [2.05, 4.69) is 42.5 Å². The van der Waals surface area contributed by atoms with Gasteiger partial charge in [-0.1, -0.05) is 24.3 Å². The van der Waals surface area contributed by atoms with Gasteiger partial charge in [0.2, 0.25) is 0 Å². The normalized spacial score (nSPS) is 12.2. The highest BCUT2D eigenvalue weighted by Gasteiger charge is 2.73. The van der Waals surface area contributed by atoms with Crippen molar-refractivity contribution in [2.24, 2.45) is 0 Å². The van der Waals surface area contributed by atoms with Gasteiger partial charge in [0.25, 0.3) is 11.8 Å². The van der Waals surface area contributed by atoms with Crippen molar-refractivity contribution >= 4 is 66.8 Å². The average Bonchev–Trinajstić information content (AvgIpc) is 2.81. The number of carbonyl (C=O) groups is 2. The Morgan fingerprint density at radius 2 is 1.24 bits per heavy atom. The summed E-state index contributed by atoms with van der Waals surface area (Å²) in [6.45, 7) is 0. The van der Waals surface area contributed by atoms with Crippen LogP contribution in [-0.2, 0) is 0 Å². The molecule has 37 heavy (non-hydrogen) atoms. The molecule has 2 amide bonds. The van der Waals surface area contributed by atoms with E-state index >= 15 is 0 Å². The van der Waals surface area contributed by atoms with Gasteiger partial charge in [0.1, 0.15) is 0 Å². The molecule has 0 fully saturated rings. The van der Waals surface area contributed by atoms with Crippen molar-refractivity contribution < 1.29 is 40.3 Å². The van der Waals surface area contributed by atoms with E-state index in [9.17, 15) is 40.3 Å². The van der Waals surface area contributed by atoms with Crippen molar-refractivity contribution in [2.75, 3.05) is 10.6 Å². The predicted molar refractivity (Wildman–Crippen MR) is 132 cm³/mol. The quantitative estimate of drug-likeness (QED) is 0.195. The number of anilines is 2. The lowest BCUT2D eigenvalue weighted by atomic mass is 10.1. The van der Waals surface area contributed by atoms with Crippen LogP contribution in [0.4, 0.5) is 42.1 Å². The number of thioether (sulfide) groups is 1. The van der Waals surface area contributed by atoms with Gasteiger partial charge in [-0.25, -0.2) is 0 Å². The Balaban J connectivity index is 1.77. The second-order valence-corrected chi connectivity index (χ2v) is 10.2. The number of amides is 2. The first-order valence-corrected chi connectivity index (χ1v) is 12.3. The fourth-order valence-corrected chi connectivity index (χ4v) is 5.40. The largest absolute Gasteiger partial charge is 0.460 e. The topological polar surface area (TPSA) is 58.2 Å². The number of nitrogens with one attached hydrogen (secondary N) is 2. The van der Waals surface area contributed by atoms with Crippen LogP contribution >= 0.6 is 43.6 Å². The van der Waals surface area contributed by atoms with Crippen molar-refractivity contribution in [2.45, 2.75) is 22.2 Å². The van der Waals surface area contributed by atoms with E-state index in [1.54, 1.807) is 36.4 Å². The molecule has 0 aliphatic heterocycles. The molecule has 0 aliphatic carbocycles. The summed E-state index contributed by atoms with van der Waals surface area (Å²) in [7, 11) is 0. The van der Waals surface area contributed by atoms with E-state index in [0.717, 1.165) is 12.1 Å². The Morgan fingerprint density at radius 3 is 1.81 bits per heavy atom. The maximum atomic E-state index is 13.8. The van der Waals surface area contributed by atoms with E-state index in [0.29, 0.717) is 11.3 Å². The highest BCUT2D eigenvalue weighted by atomic mass is 79.9. The van der Waals surface area contributed by atoms with Crippen LogP contribution in [0.3, 0.4) is 0 Å². The SMILES string of the molecule is O=C(Nc1cccc(C(=O)Nc2c(Br)cc(SC(F)(F)C(F)(F)C(F)(F)F)cc2Br)c1)c1ccccc1. The molecule has 2 N–H and O–H groups in total. The highest BCUT2D eigenvalue weighted by molar-refractivity contribution is 9.11. The van der Waals surface area contributed by atoms with Crippen LogP contribution in [0.25, 0.3) is 0 Å². The summed E-state index contributed by atoms with van der Waals surface area (Å²) in [5, 5.41) is -0.380. The summed E-state index contributed by atoms with van der Waals surface area (Å²) in [6, 6.07) is 15.9. The van der Waals surface area contributed by atoms with Gasteiger partial charge in [-0.3, -0.25) is 9.59 Å². The van der Waals surface area contributed by atoms with Crippen LogP contribution in [0.15, 0.2) is 80.6 Å². The molecule has 0 radical (unpaired) electrons. The molecule has 0 unspecified atom stereocenters. The summed E-state index contributed by atoms with van der Waals surface area (Å²) in [5.74, 6) is -7.38. The zero-order valence-corrected chi connectivity index (χ0v) is 22.0. The molecule has 3 rings (SSSR count). The second kappa shape index (κ2) is 11.0. The van der Waals surface area contributed by atoms with Crippen molar-refractivity contribution in [1.29, 1.82) is 0 Å². The molecule has 0 heterocycles. The van der Waals surface area contributed by atoms with Gasteiger partial charge in [0.05, 0.1) is 5.69 Å². The summed E-state index contributed by atoms with van der Waals surface area (Å²) in [5.41, 5.74) is 0.791. The van der Waals surface area contributed by atoms with E-state index in [4.69, 9.17) is 0 Å². The number of carbonyl (C=O) groups excluding carboxylic acids is 2. The van der Waals surface area contributed by atoms with Crippen molar-refractivity contribution in [1.82, 2.24) is 0 Å². The molecular formula is C23H13Br2F7N2O2S. The Kier molecular flexibility index (Phi) is 8.64. The third kappa shape index (κ3) is 6.65. The molecule has 0 saturated carbocycles. The molecule has 196 valence electrons. The van der Waals surface area contributed by atoms with E-state index < -0.39 is 45.8 Å². The van der Waals surface area contributed by atoms with E-state index in [1.807, 2.05) is 0 Å². The standard InChI is InChI=1S/C23H13Br2F7N2O2S/c24-16-10-15(37-23(31,32)21(26,27)22(28,29)30)11-17(25)18(16)34-20(36)13-7-4-8-14(9-13)33-19(35)12-5-2-1-3-6-12/h1-11H,(H,33,35)(H,34,36). The fraction of sp³-hybridized carbons (Fsp3) is 0.130. The third-order valence-corrected chi connectivity index (χ3v) is 6.88. The van der Waals surface area contributed by atoms with E-state index in [1.165, 1.54) is 18.2 Å². The summed E-state index contributed by atoms with van der Waals surface area (Å²) in [6.07, 6.45) is -6.46. The molecule has 0 bridgehead atoms. The molecule has 0 aromatic heterocycles. The number of alkyl halides is 7. The van der Waals surface area contributed by atoms with Crippen molar-refractivity contribution in [3.05, 3.63) is 86.8 Å². The number of rotatable bonds is 7. The van der Waals surface area contributed by atoms with Gasteiger partial charge < -0.3 is 10.6 Å². The third-order valence-electron chi connectivity index (χ3n) is 4.64. The minimum Gasteiger partial charge on any atom is -0.322 e. The number of halogens is 9. The minimum absolute atomic E-state index is 0.000952. The van der Waals surface area contributed by atoms with Gasteiger partial charge >= 0.3 is 17.4 Å². The van der Waals surface area contributed by atoms with Crippen LogP contribution < -0.4 is 10.6 Å². The van der Waals surface area contributed by atoms with Crippen molar-refractivity contribution in [3.63, 3.8) is 0 Å². The molecule has 0 atom stereocenters. The van der Waals surface area contributed by atoms with Gasteiger partial charge in [-0.15, -0.1) is 0 Å². The Bertz CT molecular complexity index is 1300. The highest BCUT2D eigenvalue weighted by Crippen LogP contribution is 2.54. The molecule has 3 aromatic carbocycles.